The molecule has 0 atom stereocenters. The average Bonchev–Trinajstić information content (AvgIpc) is 2.37. The van der Waals surface area contributed by atoms with Gasteiger partial charge in [0.25, 0.3) is 0 Å². The van der Waals surface area contributed by atoms with Gasteiger partial charge in [0.05, 0.1) is 12.4 Å². The molecule has 0 bridgehead atoms. The first kappa shape index (κ1) is 14.0. The summed E-state index contributed by atoms with van der Waals surface area (Å²) in [5.41, 5.74) is 1.09. The van der Waals surface area contributed by atoms with Crippen LogP contribution in [0.2, 0.25) is 0 Å². The molecule has 0 aliphatic rings. The summed E-state index contributed by atoms with van der Waals surface area (Å²) in [7, 11) is 0. The van der Waals surface area contributed by atoms with Gasteiger partial charge in [-0.05, 0) is 33.6 Å². The van der Waals surface area contributed by atoms with E-state index in [1.165, 1.54) is 0 Å². The SMILES string of the molecule is CC(C)NCc1cncc(Oc2cncc(Br)c2)c1. The van der Waals surface area contributed by atoms with Gasteiger partial charge in [-0.1, -0.05) is 13.8 Å². The Morgan fingerprint density at radius 3 is 2.47 bits per heavy atom. The number of halogens is 1. The Balaban J connectivity index is 2.06. The molecular weight excluding hydrogens is 306 g/mol. The van der Waals surface area contributed by atoms with Crippen LogP contribution in [-0.4, -0.2) is 16.0 Å². The molecule has 1 N–H and O–H groups in total. The lowest BCUT2D eigenvalue weighted by Crippen LogP contribution is -2.21. The minimum Gasteiger partial charge on any atom is -0.454 e. The third-order valence-corrected chi connectivity index (χ3v) is 2.83. The summed E-state index contributed by atoms with van der Waals surface area (Å²) in [5, 5.41) is 3.35. The first-order chi connectivity index (χ1) is 9.13. The van der Waals surface area contributed by atoms with Crippen LogP contribution in [0.3, 0.4) is 0 Å². The minimum absolute atomic E-state index is 0.443. The van der Waals surface area contributed by atoms with Gasteiger partial charge in [0.1, 0.15) is 11.5 Å². The first-order valence-corrected chi connectivity index (χ1v) is 6.88. The monoisotopic (exact) mass is 321 g/mol. The molecule has 0 radical (unpaired) electrons. The van der Waals surface area contributed by atoms with Gasteiger partial charge in [0, 0.05) is 29.5 Å². The van der Waals surface area contributed by atoms with Crippen LogP contribution >= 0.6 is 15.9 Å². The van der Waals surface area contributed by atoms with E-state index in [-0.39, 0.29) is 0 Å². The topological polar surface area (TPSA) is 47.0 Å². The van der Waals surface area contributed by atoms with Crippen LogP contribution in [0.25, 0.3) is 0 Å². The number of rotatable bonds is 5. The number of nitrogens with one attached hydrogen (secondary N) is 1. The molecule has 0 amide bonds. The Kier molecular flexibility index (Phi) is 4.87. The molecule has 5 heteroatoms. The van der Waals surface area contributed by atoms with Gasteiger partial charge >= 0.3 is 0 Å². The van der Waals surface area contributed by atoms with E-state index in [0.29, 0.717) is 17.5 Å². The summed E-state index contributed by atoms with van der Waals surface area (Å²) >= 11 is 3.36. The highest BCUT2D eigenvalue weighted by Crippen LogP contribution is 2.23. The van der Waals surface area contributed by atoms with Gasteiger partial charge in [0.2, 0.25) is 0 Å². The van der Waals surface area contributed by atoms with E-state index < -0.39 is 0 Å². The van der Waals surface area contributed by atoms with E-state index in [1.54, 1.807) is 18.6 Å². The lowest BCUT2D eigenvalue weighted by atomic mass is 10.2. The Hall–Kier alpha value is -1.46. The van der Waals surface area contributed by atoms with E-state index >= 15 is 0 Å². The summed E-state index contributed by atoms with van der Waals surface area (Å²) in [6.07, 6.45) is 6.92. The summed E-state index contributed by atoms with van der Waals surface area (Å²) in [5.74, 6) is 1.40. The molecule has 2 heterocycles. The Morgan fingerprint density at radius 2 is 1.79 bits per heavy atom. The average molecular weight is 322 g/mol. The molecule has 0 saturated carbocycles. The van der Waals surface area contributed by atoms with E-state index in [1.807, 2.05) is 18.3 Å². The molecule has 2 aromatic heterocycles. The van der Waals surface area contributed by atoms with Crippen molar-refractivity contribution in [3.8, 4) is 11.5 Å². The molecule has 0 spiro atoms. The maximum atomic E-state index is 5.72. The largest absolute Gasteiger partial charge is 0.454 e. The van der Waals surface area contributed by atoms with Crippen LogP contribution in [0.15, 0.2) is 41.4 Å². The Bertz CT molecular complexity index is 546. The van der Waals surface area contributed by atoms with Crippen LogP contribution in [-0.2, 0) is 6.54 Å². The summed E-state index contributed by atoms with van der Waals surface area (Å²) in [6, 6.07) is 4.29. The zero-order valence-electron chi connectivity index (χ0n) is 10.9. The second-order valence-corrected chi connectivity index (χ2v) is 5.42. The minimum atomic E-state index is 0.443. The standard InChI is InChI=1S/C14H16BrN3O/c1-10(2)18-6-11-3-13(8-16-5-11)19-14-4-12(15)7-17-9-14/h3-5,7-10,18H,6H2,1-2H3. The lowest BCUT2D eigenvalue weighted by molar-refractivity contribution is 0.475. The van der Waals surface area contributed by atoms with Crippen molar-refractivity contribution >= 4 is 15.9 Å². The van der Waals surface area contributed by atoms with Gasteiger partial charge < -0.3 is 10.1 Å². The molecule has 0 fully saturated rings. The van der Waals surface area contributed by atoms with E-state index in [9.17, 15) is 0 Å². The summed E-state index contributed by atoms with van der Waals surface area (Å²) in [6.45, 7) is 5.00. The van der Waals surface area contributed by atoms with E-state index in [0.717, 1.165) is 16.6 Å². The highest BCUT2D eigenvalue weighted by atomic mass is 79.9. The molecule has 0 saturated heterocycles. The molecule has 2 rings (SSSR count). The van der Waals surface area contributed by atoms with Crippen molar-refractivity contribution < 1.29 is 4.74 Å². The van der Waals surface area contributed by atoms with E-state index in [4.69, 9.17) is 4.74 Å². The Labute approximate surface area is 121 Å². The van der Waals surface area contributed by atoms with Crippen molar-refractivity contribution in [2.75, 3.05) is 0 Å². The molecule has 2 aromatic rings. The highest BCUT2D eigenvalue weighted by molar-refractivity contribution is 9.10. The van der Waals surface area contributed by atoms with Gasteiger partial charge in [-0.15, -0.1) is 0 Å². The number of ether oxygens (including phenoxy) is 1. The van der Waals surface area contributed by atoms with Crippen molar-refractivity contribution in [2.24, 2.45) is 0 Å². The zero-order valence-corrected chi connectivity index (χ0v) is 12.5. The molecule has 0 unspecified atom stereocenters. The molecule has 100 valence electrons. The molecule has 0 aliphatic carbocycles. The van der Waals surface area contributed by atoms with Crippen LogP contribution < -0.4 is 10.1 Å². The number of hydrogen-bond donors (Lipinski definition) is 1. The van der Waals surface area contributed by atoms with Crippen LogP contribution in [0.1, 0.15) is 19.4 Å². The number of pyridine rings is 2. The van der Waals surface area contributed by atoms with Gasteiger partial charge in [0.15, 0.2) is 0 Å². The molecule has 4 nitrogen and oxygen atoms in total. The number of hydrogen-bond acceptors (Lipinski definition) is 4. The van der Waals surface area contributed by atoms with Crippen LogP contribution in [0, 0.1) is 0 Å². The predicted octanol–water partition coefficient (Wildman–Crippen LogP) is 3.53. The van der Waals surface area contributed by atoms with Gasteiger partial charge in [-0.2, -0.15) is 0 Å². The fourth-order valence-corrected chi connectivity index (χ4v) is 1.87. The quantitative estimate of drug-likeness (QED) is 0.915. The van der Waals surface area contributed by atoms with Crippen molar-refractivity contribution in [3.63, 3.8) is 0 Å². The normalized spacial score (nSPS) is 10.7. The fraction of sp³-hybridized carbons (Fsp3) is 0.286. The first-order valence-electron chi connectivity index (χ1n) is 6.09. The third kappa shape index (κ3) is 4.61. The Morgan fingerprint density at radius 1 is 1.11 bits per heavy atom. The van der Waals surface area contributed by atoms with Gasteiger partial charge in [-0.25, -0.2) is 0 Å². The second-order valence-electron chi connectivity index (χ2n) is 4.51. The van der Waals surface area contributed by atoms with Crippen molar-refractivity contribution in [1.82, 2.24) is 15.3 Å². The second kappa shape index (κ2) is 6.63. The number of aromatic nitrogens is 2. The predicted molar refractivity (Wildman–Crippen MR) is 78.2 cm³/mol. The maximum absolute atomic E-state index is 5.72. The molecule has 0 aromatic carbocycles. The summed E-state index contributed by atoms with van der Waals surface area (Å²) < 4.78 is 6.61. The van der Waals surface area contributed by atoms with Crippen LogP contribution in [0.4, 0.5) is 0 Å². The molecule has 19 heavy (non-hydrogen) atoms. The molecule has 0 aliphatic heterocycles. The lowest BCUT2D eigenvalue weighted by Gasteiger charge is -2.09. The number of nitrogens with zero attached hydrogens (tertiary/aromatic N) is 2. The van der Waals surface area contributed by atoms with Crippen LogP contribution in [0.5, 0.6) is 11.5 Å². The van der Waals surface area contributed by atoms with E-state index in [2.05, 4.69) is 45.1 Å². The van der Waals surface area contributed by atoms with Gasteiger partial charge in [-0.3, -0.25) is 9.97 Å². The van der Waals surface area contributed by atoms with Crippen molar-refractivity contribution in [3.05, 3.63) is 47.0 Å². The highest BCUT2D eigenvalue weighted by Gasteiger charge is 2.02. The third-order valence-electron chi connectivity index (χ3n) is 2.40. The summed E-state index contributed by atoms with van der Waals surface area (Å²) in [4.78, 5) is 8.24. The smallest absolute Gasteiger partial charge is 0.146 e. The maximum Gasteiger partial charge on any atom is 0.146 e. The zero-order chi connectivity index (χ0) is 13.7. The fourth-order valence-electron chi connectivity index (χ4n) is 1.52. The van der Waals surface area contributed by atoms with Crippen molar-refractivity contribution in [1.29, 1.82) is 0 Å². The van der Waals surface area contributed by atoms with Crippen molar-refractivity contribution in [2.45, 2.75) is 26.4 Å². The molecular formula is C14H16BrN3O.